The summed E-state index contributed by atoms with van der Waals surface area (Å²) in [6, 6.07) is 48.1. The Morgan fingerprint density at radius 2 is 0.562 bits per heavy atom. The van der Waals surface area contributed by atoms with Gasteiger partial charge < -0.3 is 20.4 Å². The molecule has 0 spiro atoms. The van der Waals surface area contributed by atoms with E-state index < -0.39 is 23.9 Å². The van der Waals surface area contributed by atoms with Gasteiger partial charge in [0, 0.05) is 91.9 Å². The molecule has 4 aliphatic carbocycles. The second kappa shape index (κ2) is 50.4. The lowest BCUT2D eigenvalue weighted by molar-refractivity contribution is -0.138. The maximum atomic E-state index is 14.0. The molecule has 4 aromatic carbocycles. The number of aryl methyl sites for hydroxylation is 16. The molecular formula is C113H139FN8O8. The van der Waals surface area contributed by atoms with Crippen LogP contribution in [0.5, 0.6) is 0 Å². The van der Waals surface area contributed by atoms with Crippen LogP contribution in [0.2, 0.25) is 0 Å². The van der Waals surface area contributed by atoms with Gasteiger partial charge in [-0.3, -0.25) is 59.0 Å². The Labute approximate surface area is 770 Å². The quantitative estimate of drug-likeness (QED) is 0.0261. The molecule has 130 heavy (non-hydrogen) atoms. The summed E-state index contributed by atoms with van der Waals surface area (Å²) in [5, 5.41) is 41.7. The van der Waals surface area contributed by atoms with Crippen molar-refractivity contribution >= 4 is 67.5 Å². The molecule has 0 bridgehead atoms. The van der Waals surface area contributed by atoms with Crippen LogP contribution in [0, 0.1) is 33.5 Å². The summed E-state index contributed by atoms with van der Waals surface area (Å²) >= 11 is 0. The number of carboxylic acid groups (broad SMARTS) is 4. The molecule has 8 aromatic heterocycles. The fourth-order valence-corrected chi connectivity index (χ4v) is 19.6. The molecule has 8 heterocycles. The standard InChI is InChI=1S/C28H33FN2O2.3C28H34N2O2.CH4/c1-19-14-27-22(16-25(19)29)15-23(18-30-27)21(17-28(32)33)9-4-2-3-5-10-24-13-12-20-8-6-7-11-26(20)31-24;1-20-12-15-26-23(16-20)17-24(19-29-26)22(18-28(31)32)9-4-2-3-5-10-25-14-13-21-8-6-7-11-27(21)30-25;2*1-20-12-13-23-17-24(19-29-27(23)16-20)22(18-28(31)32)9-4-2-3-5-10-25-15-14-21-8-6-7-11-26(21)30-25;/h12-16,18,21H,2-11,17H2,1H3,(H,32,33);3*12-17,19,22H,2-11,18H2,1H3,(H,31,32);1H4. The average molecular weight is 1760 g/mol. The number of fused-ring (bicyclic) bond motifs is 8. The summed E-state index contributed by atoms with van der Waals surface area (Å²) in [4.78, 5) is 83.6. The van der Waals surface area contributed by atoms with Crippen molar-refractivity contribution in [2.75, 3.05) is 0 Å². The lowest BCUT2D eigenvalue weighted by Gasteiger charge is -2.16. The van der Waals surface area contributed by atoms with Crippen LogP contribution in [0.4, 0.5) is 4.39 Å². The number of carboxylic acids is 4. The van der Waals surface area contributed by atoms with E-state index >= 15 is 0 Å². The van der Waals surface area contributed by atoms with Gasteiger partial charge in [0.25, 0.3) is 0 Å². The zero-order valence-corrected chi connectivity index (χ0v) is 76.9. The molecule has 12 aromatic rings. The summed E-state index contributed by atoms with van der Waals surface area (Å²) in [7, 11) is 0. The van der Waals surface area contributed by atoms with Crippen molar-refractivity contribution in [2.24, 2.45) is 0 Å². The minimum Gasteiger partial charge on any atom is -0.481 e. The molecule has 0 fully saturated rings. The van der Waals surface area contributed by atoms with Crippen LogP contribution in [-0.2, 0) is 96.2 Å². The van der Waals surface area contributed by atoms with Crippen molar-refractivity contribution in [3.05, 3.63) is 282 Å². The van der Waals surface area contributed by atoms with Crippen molar-refractivity contribution in [3.63, 3.8) is 0 Å². The van der Waals surface area contributed by atoms with Crippen LogP contribution in [0.1, 0.15) is 349 Å². The van der Waals surface area contributed by atoms with Crippen LogP contribution >= 0.6 is 0 Å². The van der Waals surface area contributed by atoms with Gasteiger partial charge in [-0.2, -0.15) is 0 Å². The third-order valence-electron chi connectivity index (χ3n) is 27.0. The van der Waals surface area contributed by atoms with E-state index in [0.717, 1.165) is 246 Å². The van der Waals surface area contributed by atoms with Gasteiger partial charge in [0.2, 0.25) is 0 Å². The summed E-state index contributed by atoms with van der Waals surface area (Å²) in [6.07, 6.45) is 52.7. The molecule has 0 aliphatic heterocycles. The normalized spacial score (nSPS) is 14.2. The van der Waals surface area contributed by atoms with E-state index in [-0.39, 0.29) is 62.6 Å². The highest BCUT2D eigenvalue weighted by molar-refractivity contribution is 5.83. The molecular weight excluding hydrogens is 1620 g/mol. The minimum absolute atomic E-state index is 0. The molecule has 0 saturated carbocycles. The van der Waals surface area contributed by atoms with E-state index in [1.807, 2.05) is 30.7 Å². The van der Waals surface area contributed by atoms with Gasteiger partial charge in [0.05, 0.1) is 47.8 Å². The number of hydrogen-bond acceptors (Lipinski definition) is 12. The van der Waals surface area contributed by atoms with Gasteiger partial charge in [-0.15, -0.1) is 0 Å². The van der Waals surface area contributed by atoms with Gasteiger partial charge in [0.15, 0.2) is 0 Å². The van der Waals surface area contributed by atoms with Crippen LogP contribution in [0.15, 0.2) is 164 Å². The third kappa shape index (κ3) is 30.2. The van der Waals surface area contributed by atoms with E-state index in [0.29, 0.717) is 5.56 Å². The number of unbranched alkanes of at least 4 members (excludes halogenated alkanes) is 12. The number of aromatic nitrogens is 8. The first-order valence-electron chi connectivity index (χ1n) is 48.7. The molecule has 4 atom stereocenters. The van der Waals surface area contributed by atoms with Gasteiger partial charge >= 0.3 is 23.9 Å². The van der Waals surface area contributed by atoms with Crippen molar-refractivity contribution < 1.29 is 44.0 Å². The first-order valence-corrected chi connectivity index (χ1v) is 48.7. The zero-order valence-electron chi connectivity index (χ0n) is 76.9. The minimum atomic E-state index is -0.811. The molecule has 0 saturated heterocycles. The maximum Gasteiger partial charge on any atom is 0.303 e. The van der Waals surface area contributed by atoms with Crippen LogP contribution < -0.4 is 0 Å². The van der Waals surface area contributed by atoms with Gasteiger partial charge in [-0.05, 0) is 377 Å². The fraction of sp³-hybridized carbons (Fsp3) is 0.469. The van der Waals surface area contributed by atoms with Crippen LogP contribution in [0.25, 0.3) is 43.6 Å². The highest BCUT2D eigenvalue weighted by Crippen LogP contribution is 2.36. The Balaban J connectivity index is 0.000000156. The van der Waals surface area contributed by atoms with Crippen LogP contribution in [-0.4, -0.2) is 84.2 Å². The van der Waals surface area contributed by atoms with E-state index in [2.05, 4.69) is 156 Å². The lowest BCUT2D eigenvalue weighted by Crippen LogP contribution is -2.07. The Kier molecular flexibility index (Phi) is 38.0. The summed E-state index contributed by atoms with van der Waals surface area (Å²) in [5.41, 5.74) is 27.7. The van der Waals surface area contributed by atoms with Crippen molar-refractivity contribution in [2.45, 2.75) is 341 Å². The smallest absolute Gasteiger partial charge is 0.303 e. The Morgan fingerprint density at radius 3 is 0.885 bits per heavy atom. The first kappa shape index (κ1) is 98.0. The largest absolute Gasteiger partial charge is 0.481 e. The van der Waals surface area contributed by atoms with E-state index in [4.69, 9.17) is 19.9 Å². The summed E-state index contributed by atoms with van der Waals surface area (Å²) in [5.74, 6) is -3.33. The van der Waals surface area contributed by atoms with E-state index in [1.54, 1.807) is 19.2 Å². The molecule has 0 amide bonds. The van der Waals surface area contributed by atoms with E-state index in [9.17, 15) is 44.0 Å². The number of hydrogen-bond donors (Lipinski definition) is 4. The van der Waals surface area contributed by atoms with Gasteiger partial charge in [0.1, 0.15) is 5.82 Å². The molecule has 0 radical (unpaired) electrons. The van der Waals surface area contributed by atoms with Crippen molar-refractivity contribution in [3.8, 4) is 0 Å². The number of carbonyl (C=O) groups is 4. The molecule has 16 rings (SSSR count). The highest BCUT2D eigenvalue weighted by Gasteiger charge is 2.24. The van der Waals surface area contributed by atoms with Crippen LogP contribution in [0.3, 0.4) is 0 Å². The number of halogens is 1. The second-order valence-corrected chi connectivity index (χ2v) is 37.4. The summed E-state index contributed by atoms with van der Waals surface area (Å²) < 4.78 is 14.0. The maximum absolute atomic E-state index is 14.0. The fourth-order valence-electron chi connectivity index (χ4n) is 19.6. The predicted octanol–water partition coefficient (Wildman–Crippen LogP) is 27.0. The van der Waals surface area contributed by atoms with Crippen molar-refractivity contribution in [1.29, 1.82) is 0 Å². The zero-order chi connectivity index (χ0) is 90.2. The highest BCUT2D eigenvalue weighted by atomic mass is 19.1. The molecule has 686 valence electrons. The molecule has 4 unspecified atom stereocenters. The number of nitrogens with zero attached hydrogens (tertiary/aromatic N) is 8. The number of aliphatic carboxylic acids is 4. The molecule has 17 heteroatoms. The molecule has 16 nitrogen and oxygen atoms in total. The first-order chi connectivity index (χ1) is 62.7. The van der Waals surface area contributed by atoms with Gasteiger partial charge in [-0.1, -0.05) is 145 Å². The Morgan fingerprint density at radius 1 is 0.292 bits per heavy atom. The number of benzene rings is 4. The number of pyridine rings is 8. The molecule has 4 N–H and O–H groups in total. The predicted molar refractivity (Wildman–Crippen MR) is 523 cm³/mol. The van der Waals surface area contributed by atoms with Crippen molar-refractivity contribution in [1.82, 2.24) is 39.9 Å². The average Bonchev–Trinajstić information content (AvgIpc) is 0.816. The lowest BCUT2D eigenvalue weighted by atomic mass is 9.90. The molecule has 4 aliphatic rings. The van der Waals surface area contributed by atoms with Gasteiger partial charge in [-0.25, -0.2) is 4.39 Å². The summed E-state index contributed by atoms with van der Waals surface area (Å²) in [6.45, 7) is 7.91. The monoisotopic (exact) mass is 1760 g/mol. The Hall–Kier alpha value is -11.1. The third-order valence-corrected chi connectivity index (χ3v) is 27.0. The topological polar surface area (TPSA) is 252 Å². The van der Waals surface area contributed by atoms with E-state index in [1.165, 1.54) is 168 Å². The Bertz CT molecular complexity index is 5580. The SMILES string of the molecule is C.Cc1cc2ncc(C(CCCCCCc3ccc4c(n3)CCCC4)CC(=O)O)cc2cc1F.Cc1ccc2cc(C(CCCCCCc3ccc4c(n3)CCCC4)CC(=O)O)cnc2c1.Cc1ccc2cc(C(CCCCCCc3ccc4c(n3)CCCC4)CC(=O)O)cnc2c1.Cc1ccc2ncc(C(CCCCCCc3ccc4c(n3)CCCC4)CC(=O)O)cc2c1. The number of rotatable bonds is 40. The second-order valence-electron chi connectivity index (χ2n) is 37.4.